The summed E-state index contributed by atoms with van der Waals surface area (Å²) >= 11 is 7.51. The predicted octanol–water partition coefficient (Wildman–Crippen LogP) is 4.43. The Kier molecular flexibility index (Phi) is 5.35. The van der Waals surface area contributed by atoms with Crippen LogP contribution in [0.25, 0.3) is 0 Å². The standard InChI is InChI=1S/C17H13ClFN3O2S/c1-25-11-7-5-10(6-8-11)9-14-21-22-17(24-14)20-16(23)15-12(18)3-2-4-13(15)19/h2-8H,9H2,1H3,(H,20,22,23). The van der Waals surface area contributed by atoms with Gasteiger partial charge in [0, 0.05) is 4.90 Å². The quantitative estimate of drug-likeness (QED) is 0.666. The van der Waals surface area contributed by atoms with Crippen LogP contribution in [-0.2, 0) is 6.42 Å². The van der Waals surface area contributed by atoms with E-state index in [0.29, 0.717) is 12.3 Å². The summed E-state index contributed by atoms with van der Waals surface area (Å²) in [5.41, 5.74) is 0.730. The SMILES string of the molecule is CSc1ccc(Cc2nnc(NC(=O)c3c(F)cccc3Cl)o2)cc1. The molecule has 0 fully saturated rings. The van der Waals surface area contributed by atoms with E-state index in [0.717, 1.165) is 16.5 Å². The minimum Gasteiger partial charge on any atom is -0.407 e. The molecule has 0 aliphatic heterocycles. The smallest absolute Gasteiger partial charge is 0.322 e. The Morgan fingerprint density at radius 2 is 2.00 bits per heavy atom. The zero-order chi connectivity index (χ0) is 17.8. The number of carbonyl (C=O) groups excluding carboxylic acids is 1. The fourth-order valence-corrected chi connectivity index (χ4v) is 2.82. The fraction of sp³-hybridized carbons (Fsp3) is 0.118. The maximum atomic E-state index is 13.7. The number of halogens is 2. The Bertz CT molecular complexity index is 879. The van der Waals surface area contributed by atoms with Gasteiger partial charge in [-0.1, -0.05) is 34.9 Å². The van der Waals surface area contributed by atoms with Crippen molar-refractivity contribution in [2.24, 2.45) is 0 Å². The number of aromatic nitrogens is 2. The first-order chi connectivity index (χ1) is 12.1. The molecular formula is C17H13ClFN3O2S. The van der Waals surface area contributed by atoms with Gasteiger partial charge in [0.1, 0.15) is 5.82 Å². The molecule has 0 atom stereocenters. The number of carbonyl (C=O) groups is 1. The fourth-order valence-electron chi connectivity index (χ4n) is 2.17. The van der Waals surface area contributed by atoms with Crippen molar-refractivity contribution in [3.63, 3.8) is 0 Å². The zero-order valence-electron chi connectivity index (χ0n) is 13.1. The summed E-state index contributed by atoms with van der Waals surface area (Å²) in [6.45, 7) is 0. The topological polar surface area (TPSA) is 68.0 Å². The largest absolute Gasteiger partial charge is 0.407 e. The maximum absolute atomic E-state index is 13.7. The lowest BCUT2D eigenvalue weighted by Crippen LogP contribution is -2.14. The lowest BCUT2D eigenvalue weighted by atomic mass is 10.1. The van der Waals surface area contributed by atoms with Crippen molar-refractivity contribution in [3.8, 4) is 0 Å². The van der Waals surface area contributed by atoms with Crippen LogP contribution in [0, 0.1) is 5.82 Å². The number of hydrogen-bond acceptors (Lipinski definition) is 5. The average Bonchev–Trinajstić information content (AvgIpc) is 3.02. The molecule has 0 radical (unpaired) electrons. The van der Waals surface area contributed by atoms with Crippen LogP contribution in [0.15, 0.2) is 51.8 Å². The molecule has 0 saturated heterocycles. The van der Waals surface area contributed by atoms with Gasteiger partial charge in [-0.2, -0.15) is 0 Å². The molecule has 1 amide bonds. The van der Waals surface area contributed by atoms with Crippen molar-refractivity contribution in [2.75, 3.05) is 11.6 Å². The van der Waals surface area contributed by atoms with Crippen LogP contribution in [0.4, 0.5) is 10.4 Å². The number of anilines is 1. The molecular weight excluding hydrogens is 365 g/mol. The second-order valence-corrected chi connectivity index (χ2v) is 6.36. The number of nitrogens with zero attached hydrogens (tertiary/aromatic N) is 2. The lowest BCUT2D eigenvalue weighted by molar-refractivity contribution is 0.102. The van der Waals surface area contributed by atoms with Crippen molar-refractivity contribution >= 4 is 35.3 Å². The van der Waals surface area contributed by atoms with E-state index in [2.05, 4.69) is 15.5 Å². The summed E-state index contributed by atoms with van der Waals surface area (Å²) in [5.74, 6) is -1.13. The van der Waals surface area contributed by atoms with E-state index in [1.807, 2.05) is 30.5 Å². The monoisotopic (exact) mass is 377 g/mol. The number of amides is 1. The summed E-state index contributed by atoms with van der Waals surface area (Å²) < 4.78 is 19.1. The van der Waals surface area contributed by atoms with Crippen LogP contribution >= 0.6 is 23.4 Å². The van der Waals surface area contributed by atoms with Gasteiger partial charge in [-0.15, -0.1) is 16.9 Å². The van der Waals surface area contributed by atoms with Gasteiger partial charge < -0.3 is 4.42 Å². The zero-order valence-corrected chi connectivity index (χ0v) is 14.7. The number of rotatable bonds is 5. The third-order valence-electron chi connectivity index (χ3n) is 3.39. The molecule has 1 N–H and O–H groups in total. The molecule has 1 aromatic heterocycles. The summed E-state index contributed by atoms with van der Waals surface area (Å²) in [6.07, 6.45) is 2.43. The Hall–Kier alpha value is -2.38. The van der Waals surface area contributed by atoms with Crippen LogP contribution in [0.2, 0.25) is 5.02 Å². The molecule has 3 rings (SSSR count). The predicted molar refractivity (Wildman–Crippen MR) is 94.7 cm³/mol. The minimum atomic E-state index is -0.748. The number of hydrogen-bond donors (Lipinski definition) is 1. The maximum Gasteiger partial charge on any atom is 0.322 e. The third kappa shape index (κ3) is 4.18. The van der Waals surface area contributed by atoms with E-state index < -0.39 is 11.7 Å². The van der Waals surface area contributed by atoms with E-state index >= 15 is 0 Å². The Morgan fingerprint density at radius 3 is 2.68 bits per heavy atom. The molecule has 0 spiro atoms. The highest BCUT2D eigenvalue weighted by atomic mass is 35.5. The molecule has 0 saturated carbocycles. The second kappa shape index (κ2) is 7.67. The number of benzene rings is 2. The third-order valence-corrected chi connectivity index (χ3v) is 4.45. The normalized spacial score (nSPS) is 10.7. The van der Waals surface area contributed by atoms with E-state index in [-0.39, 0.29) is 16.6 Å². The Morgan fingerprint density at radius 1 is 1.24 bits per heavy atom. The molecule has 0 aliphatic carbocycles. The highest BCUT2D eigenvalue weighted by Gasteiger charge is 2.18. The summed E-state index contributed by atoms with van der Waals surface area (Å²) in [7, 11) is 0. The molecule has 8 heteroatoms. The number of thioether (sulfide) groups is 1. The van der Waals surface area contributed by atoms with Gasteiger partial charge in [0.2, 0.25) is 5.89 Å². The molecule has 3 aromatic rings. The first-order valence-electron chi connectivity index (χ1n) is 7.27. The van der Waals surface area contributed by atoms with Crippen molar-refractivity contribution in [3.05, 3.63) is 70.3 Å². The highest BCUT2D eigenvalue weighted by molar-refractivity contribution is 7.98. The van der Waals surface area contributed by atoms with Crippen molar-refractivity contribution < 1.29 is 13.6 Å². The van der Waals surface area contributed by atoms with Crippen LogP contribution < -0.4 is 5.32 Å². The minimum absolute atomic E-state index is 0.00567. The van der Waals surface area contributed by atoms with Gasteiger partial charge in [-0.3, -0.25) is 10.1 Å². The van der Waals surface area contributed by atoms with Gasteiger partial charge in [-0.25, -0.2) is 4.39 Å². The second-order valence-electron chi connectivity index (χ2n) is 5.08. The van der Waals surface area contributed by atoms with Crippen molar-refractivity contribution in [1.29, 1.82) is 0 Å². The molecule has 0 aliphatic rings. The molecule has 0 bridgehead atoms. The van der Waals surface area contributed by atoms with E-state index in [1.165, 1.54) is 12.1 Å². The first-order valence-corrected chi connectivity index (χ1v) is 8.88. The van der Waals surface area contributed by atoms with Gasteiger partial charge in [-0.05, 0) is 36.1 Å². The van der Waals surface area contributed by atoms with Crippen molar-refractivity contribution in [2.45, 2.75) is 11.3 Å². The molecule has 25 heavy (non-hydrogen) atoms. The van der Waals surface area contributed by atoms with Crippen molar-refractivity contribution in [1.82, 2.24) is 10.2 Å². The van der Waals surface area contributed by atoms with Crippen LogP contribution in [0.3, 0.4) is 0 Å². The summed E-state index contributed by atoms with van der Waals surface area (Å²) in [6, 6.07) is 11.8. The van der Waals surface area contributed by atoms with E-state index in [4.69, 9.17) is 16.0 Å². The Labute approximate surface area is 152 Å². The first kappa shape index (κ1) is 17.4. The Balaban J connectivity index is 1.70. The number of nitrogens with one attached hydrogen (secondary N) is 1. The summed E-state index contributed by atoms with van der Waals surface area (Å²) in [5, 5.41) is 10.00. The lowest BCUT2D eigenvalue weighted by Gasteiger charge is -2.04. The van der Waals surface area contributed by atoms with Gasteiger partial charge in [0.05, 0.1) is 17.0 Å². The van der Waals surface area contributed by atoms with Gasteiger partial charge >= 0.3 is 6.01 Å². The highest BCUT2D eigenvalue weighted by Crippen LogP contribution is 2.21. The molecule has 1 heterocycles. The molecule has 5 nitrogen and oxygen atoms in total. The molecule has 2 aromatic carbocycles. The van der Waals surface area contributed by atoms with Gasteiger partial charge in [0.15, 0.2) is 0 Å². The van der Waals surface area contributed by atoms with Crippen LogP contribution in [0.5, 0.6) is 0 Å². The summed E-state index contributed by atoms with van der Waals surface area (Å²) in [4.78, 5) is 13.3. The molecule has 128 valence electrons. The van der Waals surface area contributed by atoms with Crippen LogP contribution in [0.1, 0.15) is 21.8 Å². The van der Waals surface area contributed by atoms with Gasteiger partial charge in [0.25, 0.3) is 5.91 Å². The molecule has 0 unspecified atom stereocenters. The van der Waals surface area contributed by atoms with Crippen LogP contribution in [-0.4, -0.2) is 22.4 Å². The van der Waals surface area contributed by atoms with E-state index in [9.17, 15) is 9.18 Å². The average molecular weight is 378 g/mol. The van der Waals surface area contributed by atoms with E-state index in [1.54, 1.807) is 11.8 Å².